The van der Waals surface area contributed by atoms with Crippen LogP contribution in [0.1, 0.15) is 31.9 Å². The number of benzene rings is 2. The zero-order valence-corrected chi connectivity index (χ0v) is 13.1. The summed E-state index contributed by atoms with van der Waals surface area (Å²) < 4.78 is 5.35. The molecule has 118 valence electrons. The van der Waals surface area contributed by atoms with Crippen LogP contribution in [-0.2, 0) is 9.53 Å². The topological polar surface area (TPSA) is 58.6 Å². The lowest BCUT2D eigenvalue weighted by Gasteiger charge is -2.17. The van der Waals surface area contributed by atoms with Crippen LogP contribution in [0.25, 0.3) is 10.8 Å². The largest absolute Gasteiger partial charge is 0.387 e. The maximum Gasteiger partial charge on any atom is 0.249 e. The second kappa shape index (κ2) is 7.92. The Labute approximate surface area is 131 Å². The molecule has 0 fully saturated rings. The molecule has 0 heterocycles. The third-order valence-corrected chi connectivity index (χ3v) is 3.66. The van der Waals surface area contributed by atoms with Crippen LogP contribution in [0, 0.1) is 0 Å². The van der Waals surface area contributed by atoms with Crippen LogP contribution in [0.15, 0.2) is 42.5 Å². The molecule has 22 heavy (non-hydrogen) atoms. The van der Waals surface area contributed by atoms with Crippen LogP contribution in [-0.4, -0.2) is 30.3 Å². The second-order valence-electron chi connectivity index (χ2n) is 5.22. The Morgan fingerprint density at radius 2 is 1.91 bits per heavy atom. The van der Waals surface area contributed by atoms with Gasteiger partial charge in [-0.05, 0) is 35.7 Å². The molecule has 2 aromatic rings. The van der Waals surface area contributed by atoms with Gasteiger partial charge in [-0.1, -0.05) is 43.3 Å². The minimum absolute atomic E-state index is 0.177. The molecule has 4 heteroatoms. The normalized spacial score (nSPS) is 13.8. The maximum absolute atomic E-state index is 12.0. The molecule has 2 N–H and O–H groups in total. The van der Waals surface area contributed by atoms with Crippen molar-refractivity contribution >= 4 is 16.7 Å². The molecule has 0 saturated carbocycles. The summed E-state index contributed by atoms with van der Waals surface area (Å²) in [5.41, 5.74) is 0.795. The van der Waals surface area contributed by atoms with Crippen molar-refractivity contribution < 1.29 is 14.6 Å². The van der Waals surface area contributed by atoms with E-state index in [2.05, 4.69) is 5.32 Å². The minimum Gasteiger partial charge on any atom is -0.387 e. The van der Waals surface area contributed by atoms with Gasteiger partial charge in [0.2, 0.25) is 5.91 Å². The number of hydrogen-bond acceptors (Lipinski definition) is 3. The molecule has 0 aromatic heterocycles. The molecule has 0 aliphatic rings. The second-order valence-corrected chi connectivity index (χ2v) is 5.22. The number of aliphatic hydroxyl groups is 1. The Bertz CT molecular complexity index is 627. The molecular weight excluding hydrogens is 278 g/mol. The first-order valence-electron chi connectivity index (χ1n) is 7.71. The third-order valence-electron chi connectivity index (χ3n) is 3.66. The van der Waals surface area contributed by atoms with Crippen molar-refractivity contribution in [3.63, 3.8) is 0 Å². The lowest BCUT2D eigenvalue weighted by molar-refractivity contribution is -0.133. The van der Waals surface area contributed by atoms with Crippen molar-refractivity contribution in [3.05, 3.63) is 48.0 Å². The van der Waals surface area contributed by atoms with E-state index in [0.29, 0.717) is 13.0 Å². The fraction of sp³-hybridized carbons (Fsp3) is 0.389. The van der Waals surface area contributed by atoms with Crippen molar-refractivity contribution in [2.75, 3.05) is 13.2 Å². The number of carbonyl (C=O) groups is 1. The quantitative estimate of drug-likeness (QED) is 0.827. The molecule has 2 rings (SSSR count). The number of rotatable bonds is 7. The molecule has 1 amide bonds. The first-order chi connectivity index (χ1) is 10.7. The highest BCUT2D eigenvalue weighted by Crippen LogP contribution is 2.20. The fourth-order valence-electron chi connectivity index (χ4n) is 2.42. The van der Waals surface area contributed by atoms with Gasteiger partial charge in [-0.25, -0.2) is 0 Å². The monoisotopic (exact) mass is 301 g/mol. The smallest absolute Gasteiger partial charge is 0.249 e. The van der Waals surface area contributed by atoms with Crippen molar-refractivity contribution in [1.29, 1.82) is 0 Å². The number of nitrogens with one attached hydrogen (secondary N) is 1. The number of fused-ring (bicyclic) bond motifs is 1. The van der Waals surface area contributed by atoms with Gasteiger partial charge < -0.3 is 15.2 Å². The summed E-state index contributed by atoms with van der Waals surface area (Å²) in [5.74, 6) is -0.177. The Morgan fingerprint density at radius 1 is 1.18 bits per heavy atom. The van der Waals surface area contributed by atoms with Gasteiger partial charge in [0.15, 0.2) is 0 Å². The predicted molar refractivity (Wildman–Crippen MR) is 87.6 cm³/mol. The molecule has 0 spiro atoms. The van der Waals surface area contributed by atoms with Gasteiger partial charge in [-0.15, -0.1) is 0 Å². The highest BCUT2D eigenvalue weighted by molar-refractivity contribution is 5.83. The Kier molecular flexibility index (Phi) is 5.92. The van der Waals surface area contributed by atoms with Crippen LogP contribution in [0.4, 0.5) is 0 Å². The average molecular weight is 301 g/mol. The molecule has 4 nitrogen and oxygen atoms in total. The Morgan fingerprint density at radius 3 is 2.59 bits per heavy atom. The molecule has 0 unspecified atom stereocenters. The van der Waals surface area contributed by atoms with Gasteiger partial charge >= 0.3 is 0 Å². The third kappa shape index (κ3) is 4.06. The van der Waals surface area contributed by atoms with E-state index in [4.69, 9.17) is 4.74 Å². The van der Waals surface area contributed by atoms with E-state index in [1.54, 1.807) is 0 Å². The van der Waals surface area contributed by atoms with Crippen LogP contribution in [0.2, 0.25) is 0 Å². The summed E-state index contributed by atoms with van der Waals surface area (Å²) in [6.07, 6.45) is -0.562. The van der Waals surface area contributed by atoms with E-state index in [1.165, 1.54) is 0 Å². The molecule has 2 aromatic carbocycles. The number of carbonyl (C=O) groups excluding carboxylic acids is 1. The molecule has 0 saturated heterocycles. The van der Waals surface area contributed by atoms with Crippen LogP contribution >= 0.6 is 0 Å². The molecule has 0 radical (unpaired) electrons. The van der Waals surface area contributed by atoms with Crippen molar-refractivity contribution in [2.24, 2.45) is 0 Å². The van der Waals surface area contributed by atoms with Gasteiger partial charge in [0.05, 0.1) is 6.10 Å². The van der Waals surface area contributed by atoms with Gasteiger partial charge in [0.25, 0.3) is 0 Å². The standard InChI is InChI=1S/C18H23NO3/c1-3-17(22-4-2)18(21)19-12-16(20)15-10-9-13-7-5-6-8-14(13)11-15/h5-11,16-17,20H,3-4,12H2,1-2H3,(H,19,21)/t16-,17-/m1/s1. The average Bonchev–Trinajstić information content (AvgIpc) is 2.56. The minimum atomic E-state index is -0.729. The first-order valence-corrected chi connectivity index (χ1v) is 7.71. The number of aliphatic hydroxyl groups excluding tert-OH is 1. The van der Waals surface area contributed by atoms with Gasteiger partial charge in [0, 0.05) is 13.2 Å². The van der Waals surface area contributed by atoms with Crippen LogP contribution < -0.4 is 5.32 Å². The summed E-state index contributed by atoms with van der Waals surface area (Å²) in [5, 5.41) is 15.2. The Balaban J connectivity index is 1.98. The van der Waals surface area contributed by atoms with Crippen molar-refractivity contribution in [3.8, 4) is 0 Å². The summed E-state index contributed by atoms with van der Waals surface area (Å²) in [4.78, 5) is 12.0. The number of amides is 1. The van der Waals surface area contributed by atoms with Crippen LogP contribution in [0.3, 0.4) is 0 Å². The Hall–Kier alpha value is -1.91. The number of ether oxygens (including phenoxy) is 1. The molecule has 2 atom stereocenters. The van der Waals surface area contributed by atoms with E-state index < -0.39 is 12.2 Å². The summed E-state index contributed by atoms with van der Waals surface area (Å²) >= 11 is 0. The van der Waals surface area contributed by atoms with Gasteiger partial charge in [-0.3, -0.25) is 4.79 Å². The highest BCUT2D eigenvalue weighted by Gasteiger charge is 2.17. The summed E-state index contributed by atoms with van der Waals surface area (Å²) in [6, 6.07) is 13.8. The van der Waals surface area contributed by atoms with Crippen molar-refractivity contribution in [1.82, 2.24) is 5.32 Å². The summed E-state index contributed by atoms with van der Waals surface area (Å²) in [7, 11) is 0. The van der Waals surface area contributed by atoms with Gasteiger partial charge in [-0.2, -0.15) is 0 Å². The fourth-order valence-corrected chi connectivity index (χ4v) is 2.42. The zero-order valence-electron chi connectivity index (χ0n) is 13.1. The maximum atomic E-state index is 12.0. The molecule has 0 bridgehead atoms. The van der Waals surface area contributed by atoms with E-state index in [9.17, 15) is 9.90 Å². The molecule has 0 aliphatic carbocycles. The van der Waals surface area contributed by atoms with Crippen molar-refractivity contribution in [2.45, 2.75) is 32.5 Å². The summed E-state index contributed by atoms with van der Waals surface area (Å²) in [6.45, 7) is 4.44. The lowest BCUT2D eigenvalue weighted by atomic mass is 10.0. The zero-order chi connectivity index (χ0) is 15.9. The highest BCUT2D eigenvalue weighted by atomic mass is 16.5. The molecule has 0 aliphatic heterocycles. The first kappa shape index (κ1) is 16.5. The van der Waals surface area contributed by atoms with Gasteiger partial charge in [0.1, 0.15) is 6.10 Å². The van der Waals surface area contributed by atoms with E-state index in [0.717, 1.165) is 16.3 Å². The van der Waals surface area contributed by atoms with Crippen LogP contribution in [0.5, 0.6) is 0 Å². The number of hydrogen-bond donors (Lipinski definition) is 2. The molecular formula is C18H23NO3. The SMILES string of the molecule is CCO[C@H](CC)C(=O)NC[C@@H](O)c1ccc2ccccc2c1. The van der Waals surface area contributed by atoms with E-state index >= 15 is 0 Å². The lowest BCUT2D eigenvalue weighted by Crippen LogP contribution is -2.38. The predicted octanol–water partition coefficient (Wildman–Crippen LogP) is 2.80. The van der Waals surface area contributed by atoms with E-state index in [1.807, 2.05) is 56.3 Å². The van der Waals surface area contributed by atoms with E-state index in [-0.39, 0.29) is 12.5 Å².